The van der Waals surface area contributed by atoms with Crippen molar-refractivity contribution in [1.29, 1.82) is 0 Å². The zero-order chi connectivity index (χ0) is 17.4. The van der Waals surface area contributed by atoms with Crippen molar-refractivity contribution in [2.75, 3.05) is 13.2 Å². The molecule has 0 radical (unpaired) electrons. The van der Waals surface area contributed by atoms with E-state index in [9.17, 15) is 14.4 Å². The van der Waals surface area contributed by atoms with Crippen molar-refractivity contribution >= 4 is 17.9 Å². The first-order valence-electron chi connectivity index (χ1n) is 8.03. The van der Waals surface area contributed by atoms with E-state index in [-0.39, 0.29) is 5.76 Å². The number of ether oxygens (including phenoxy) is 1. The summed E-state index contributed by atoms with van der Waals surface area (Å²) in [5.74, 6) is -1.38. The third kappa shape index (κ3) is 5.57. The topological polar surface area (TPSA) is 97.6 Å². The number of imide groups is 1. The third-order valence-corrected chi connectivity index (χ3v) is 3.75. The van der Waals surface area contributed by atoms with Crippen molar-refractivity contribution in [3.05, 3.63) is 35.3 Å². The normalized spacial score (nSPS) is 13.8. The second kappa shape index (κ2) is 8.90. The van der Waals surface area contributed by atoms with E-state index >= 15 is 0 Å². The molecule has 0 aromatic carbocycles. The van der Waals surface area contributed by atoms with E-state index in [4.69, 9.17) is 9.15 Å². The first-order chi connectivity index (χ1) is 11.6. The summed E-state index contributed by atoms with van der Waals surface area (Å²) in [5, 5.41) is 4.73. The molecule has 0 aliphatic heterocycles. The van der Waals surface area contributed by atoms with E-state index in [1.165, 1.54) is 24.7 Å². The molecule has 1 aromatic heterocycles. The van der Waals surface area contributed by atoms with Gasteiger partial charge >= 0.3 is 12.0 Å². The van der Waals surface area contributed by atoms with Gasteiger partial charge in [-0.15, -0.1) is 0 Å². The molecule has 7 nitrogen and oxygen atoms in total. The summed E-state index contributed by atoms with van der Waals surface area (Å²) in [6.07, 6.45) is 8.95. The van der Waals surface area contributed by atoms with Gasteiger partial charge in [-0.25, -0.2) is 9.59 Å². The quantitative estimate of drug-likeness (QED) is 0.615. The number of hydrogen-bond donors (Lipinski definition) is 2. The molecule has 0 spiro atoms. The van der Waals surface area contributed by atoms with Crippen LogP contribution in [0.25, 0.3) is 0 Å². The number of amides is 3. The van der Waals surface area contributed by atoms with Gasteiger partial charge in [-0.1, -0.05) is 11.6 Å². The molecule has 0 atom stereocenters. The van der Waals surface area contributed by atoms with Crippen molar-refractivity contribution in [2.24, 2.45) is 0 Å². The van der Waals surface area contributed by atoms with Crippen molar-refractivity contribution in [3.8, 4) is 0 Å². The minimum atomic E-state index is -0.739. The molecule has 24 heavy (non-hydrogen) atoms. The average molecular weight is 334 g/mol. The Morgan fingerprint density at radius 2 is 2.12 bits per heavy atom. The van der Waals surface area contributed by atoms with Crippen LogP contribution in [-0.2, 0) is 9.53 Å². The molecule has 0 saturated carbocycles. The lowest BCUT2D eigenvalue weighted by Gasteiger charge is -2.13. The Kier molecular flexibility index (Phi) is 6.60. The lowest BCUT2D eigenvalue weighted by molar-refractivity contribution is -0.123. The Balaban J connectivity index is 1.62. The van der Waals surface area contributed by atoms with E-state index in [1.807, 2.05) is 0 Å². The van der Waals surface area contributed by atoms with Crippen LogP contribution in [0, 0.1) is 6.92 Å². The number of carbonyl (C=O) groups is 3. The van der Waals surface area contributed by atoms with Gasteiger partial charge < -0.3 is 14.5 Å². The fourth-order valence-corrected chi connectivity index (χ4v) is 2.45. The van der Waals surface area contributed by atoms with Crippen molar-refractivity contribution < 1.29 is 23.5 Å². The zero-order valence-electron chi connectivity index (χ0n) is 13.7. The maximum atomic E-state index is 11.7. The molecule has 2 N–H and O–H groups in total. The predicted molar refractivity (Wildman–Crippen MR) is 86.4 cm³/mol. The summed E-state index contributed by atoms with van der Waals surface area (Å²) < 4.78 is 9.76. The summed E-state index contributed by atoms with van der Waals surface area (Å²) in [6, 6.07) is 1.02. The number of esters is 1. The average Bonchev–Trinajstić information content (AvgIpc) is 3.00. The molecule has 1 aliphatic rings. The molecule has 0 fully saturated rings. The molecule has 130 valence electrons. The Bertz CT molecular complexity index is 633. The smallest absolute Gasteiger partial charge is 0.375 e. The van der Waals surface area contributed by atoms with Crippen molar-refractivity contribution in [2.45, 2.75) is 39.0 Å². The number of carbonyl (C=O) groups excluding carboxylic acids is 3. The van der Waals surface area contributed by atoms with Gasteiger partial charge in [0.05, 0.1) is 6.26 Å². The highest BCUT2D eigenvalue weighted by Crippen LogP contribution is 2.19. The van der Waals surface area contributed by atoms with Crippen LogP contribution in [0.4, 0.5) is 4.79 Å². The van der Waals surface area contributed by atoms with Crippen LogP contribution in [0.3, 0.4) is 0 Å². The highest BCUT2D eigenvalue weighted by atomic mass is 16.5. The molecular formula is C17H22N2O5. The second-order valence-electron chi connectivity index (χ2n) is 5.67. The number of hydrogen-bond acceptors (Lipinski definition) is 5. The van der Waals surface area contributed by atoms with E-state index in [0.717, 1.165) is 19.3 Å². The largest absolute Gasteiger partial charge is 0.457 e. The summed E-state index contributed by atoms with van der Waals surface area (Å²) >= 11 is 0. The maximum Gasteiger partial charge on any atom is 0.375 e. The zero-order valence-corrected chi connectivity index (χ0v) is 13.7. The first kappa shape index (κ1) is 17.8. The number of furan rings is 1. The molecule has 1 aliphatic carbocycles. The molecule has 0 unspecified atom stereocenters. The number of nitrogens with one attached hydrogen (secondary N) is 2. The molecular weight excluding hydrogens is 312 g/mol. The Morgan fingerprint density at radius 3 is 2.79 bits per heavy atom. The molecule has 0 bridgehead atoms. The maximum absolute atomic E-state index is 11.7. The van der Waals surface area contributed by atoms with Crippen molar-refractivity contribution in [3.63, 3.8) is 0 Å². The molecule has 3 amide bonds. The standard InChI is InChI=1S/C17H22N2O5/c1-12-8-10-23-15(12)16(21)24-11-14(20)19-17(22)18-9-7-13-5-3-2-4-6-13/h5,8,10H,2-4,6-7,9,11H2,1H3,(H2,18,19,20,22). The molecule has 0 saturated heterocycles. The van der Waals surface area contributed by atoms with Crippen LogP contribution in [0.1, 0.15) is 48.2 Å². The summed E-state index contributed by atoms with van der Waals surface area (Å²) in [7, 11) is 0. The fourth-order valence-electron chi connectivity index (χ4n) is 2.45. The minimum Gasteiger partial charge on any atom is -0.457 e. The second-order valence-corrected chi connectivity index (χ2v) is 5.67. The molecule has 7 heteroatoms. The number of urea groups is 1. The lowest BCUT2D eigenvalue weighted by Crippen LogP contribution is -2.41. The lowest BCUT2D eigenvalue weighted by atomic mass is 9.97. The highest BCUT2D eigenvalue weighted by Gasteiger charge is 2.16. The van der Waals surface area contributed by atoms with Gasteiger partial charge in [-0.3, -0.25) is 10.1 Å². The fraction of sp³-hybridized carbons (Fsp3) is 0.471. The monoisotopic (exact) mass is 334 g/mol. The van der Waals surface area contributed by atoms with Crippen LogP contribution in [0.15, 0.2) is 28.4 Å². The van der Waals surface area contributed by atoms with Crippen LogP contribution in [0.5, 0.6) is 0 Å². The van der Waals surface area contributed by atoms with Gasteiger partial charge in [0.25, 0.3) is 5.91 Å². The summed E-state index contributed by atoms with van der Waals surface area (Å²) in [5.41, 5.74) is 1.96. The van der Waals surface area contributed by atoms with E-state index in [1.54, 1.807) is 13.0 Å². The summed E-state index contributed by atoms with van der Waals surface area (Å²) in [4.78, 5) is 34.8. The number of allylic oxidation sites excluding steroid dienone is 1. The van der Waals surface area contributed by atoms with Gasteiger partial charge in [-0.05, 0) is 45.1 Å². The minimum absolute atomic E-state index is 0.0491. The van der Waals surface area contributed by atoms with E-state index in [0.29, 0.717) is 12.1 Å². The van der Waals surface area contributed by atoms with Gasteiger partial charge in [0.2, 0.25) is 5.76 Å². The van der Waals surface area contributed by atoms with Gasteiger partial charge in [0.15, 0.2) is 6.61 Å². The van der Waals surface area contributed by atoms with Crippen LogP contribution < -0.4 is 10.6 Å². The molecule has 1 aromatic rings. The van der Waals surface area contributed by atoms with Crippen LogP contribution in [-0.4, -0.2) is 31.1 Å². The van der Waals surface area contributed by atoms with Gasteiger partial charge in [0, 0.05) is 12.1 Å². The number of aryl methyl sites for hydroxylation is 1. The Labute approximate surface area is 140 Å². The predicted octanol–water partition coefficient (Wildman–Crippen LogP) is 2.46. The van der Waals surface area contributed by atoms with E-state index < -0.39 is 24.5 Å². The SMILES string of the molecule is Cc1ccoc1C(=O)OCC(=O)NC(=O)NCCC1=CCCCC1. The number of rotatable bonds is 6. The Morgan fingerprint density at radius 1 is 1.29 bits per heavy atom. The first-order valence-corrected chi connectivity index (χ1v) is 8.03. The molecule has 2 rings (SSSR count). The van der Waals surface area contributed by atoms with Gasteiger partial charge in [0.1, 0.15) is 0 Å². The molecule has 1 heterocycles. The van der Waals surface area contributed by atoms with Crippen LogP contribution in [0.2, 0.25) is 0 Å². The van der Waals surface area contributed by atoms with Crippen molar-refractivity contribution in [1.82, 2.24) is 10.6 Å². The highest BCUT2D eigenvalue weighted by molar-refractivity contribution is 5.96. The van der Waals surface area contributed by atoms with Gasteiger partial charge in [-0.2, -0.15) is 0 Å². The Hall–Kier alpha value is -2.57. The summed E-state index contributed by atoms with van der Waals surface area (Å²) in [6.45, 7) is 1.61. The third-order valence-electron chi connectivity index (χ3n) is 3.75. The van der Waals surface area contributed by atoms with E-state index in [2.05, 4.69) is 16.7 Å². The van der Waals surface area contributed by atoms with Crippen LogP contribution >= 0.6 is 0 Å².